The molecule has 1 unspecified atom stereocenters. The minimum Gasteiger partial charge on any atom is -0.361 e. The molecule has 45 heavy (non-hydrogen) atoms. The number of allylic oxidation sites excluding steroid dienone is 1. The van der Waals surface area contributed by atoms with Gasteiger partial charge < -0.3 is 20.6 Å². The van der Waals surface area contributed by atoms with Gasteiger partial charge in [-0.25, -0.2) is 4.79 Å². The van der Waals surface area contributed by atoms with Crippen molar-refractivity contribution in [1.29, 1.82) is 0 Å². The molecule has 4 N–H and O–H groups in total. The summed E-state index contributed by atoms with van der Waals surface area (Å²) in [5, 5.41) is 8.43. The molecule has 6 heteroatoms. The summed E-state index contributed by atoms with van der Waals surface area (Å²) in [5.74, 6) is 0. The third kappa shape index (κ3) is 6.71. The summed E-state index contributed by atoms with van der Waals surface area (Å²) in [6.45, 7) is 0.562. The Morgan fingerprint density at radius 1 is 0.822 bits per heavy atom. The highest BCUT2D eigenvalue weighted by Crippen LogP contribution is 2.43. The number of urea groups is 1. The van der Waals surface area contributed by atoms with E-state index in [1.54, 1.807) is 0 Å². The van der Waals surface area contributed by atoms with Crippen LogP contribution in [-0.2, 0) is 12.0 Å². The van der Waals surface area contributed by atoms with E-state index in [0.29, 0.717) is 6.54 Å². The van der Waals surface area contributed by atoms with Crippen LogP contribution in [0.1, 0.15) is 36.1 Å². The number of carbonyl (C=O) groups excluding carboxylic acids is 1. The number of carbonyl (C=O) groups is 1. The molecule has 2 aromatic heterocycles. The van der Waals surface area contributed by atoms with Crippen molar-refractivity contribution in [3.63, 3.8) is 0 Å². The highest BCUT2D eigenvalue weighted by atomic mass is 16.2. The lowest BCUT2D eigenvalue weighted by molar-refractivity contribution is 0.138. The zero-order valence-electron chi connectivity index (χ0n) is 26.0. The molecule has 0 aliphatic heterocycles. The van der Waals surface area contributed by atoms with Gasteiger partial charge in [0.1, 0.15) is 0 Å². The van der Waals surface area contributed by atoms with Gasteiger partial charge in [0.25, 0.3) is 0 Å². The molecule has 0 saturated carbocycles. The highest BCUT2D eigenvalue weighted by molar-refractivity contribution is 5.91. The van der Waals surface area contributed by atoms with Gasteiger partial charge in [-0.2, -0.15) is 0 Å². The quantitative estimate of drug-likeness (QED) is 0.149. The lowest BCUT2D eigenvalue weighted by atomic mass is 9.75. The molecule has 0 fully saturated rings. The van der Waals surface area contributed by atoms with Crippen LogP contribution in [0.4, 0.5) is 10.5 Å². The number of hydrogen-bond donors (Lipinski definition) is 4. The number of nitrogens with one attached hydrogen (secondary N) is 4. The largest absolute Gasteiger partial charge is 0.361 e. The predicted octanol–water partition coefficient (Wildman–Crippen LogP) is 8.72. The third-order valence-corrected chi connectivity index (χ3v) is 8.95. The third-order valence-electron chi connectivity index (χ3n) is 8.95. The number of para-hydroxylation sites is 3. The second kappa shape index (κ2) is 13.7. The Kier molecular flexibility index (Phi) is 9.13. The molecule has 6 nitrogen and oxygen atoms in total. The summed E-state index contributed by atoms with van der Waals surface area (Å²) < 4.78 is 0. The topological polar surface area (TPSA) is 76.0 Å². The number of rotatable bonds is 7. The van der Waals surface area contributed by atoms with E-state index in [1.165, 1.54) is 38.7 Å². The van der Waals surface area contributed by atoms with Crippen LogP contribution >= 0.6 is 0 Å². The normalized spacial score (nSPS) is 16.2. The summed E-state index contributed by atoms with van der Waals surface area (Å²) in [4.78, 5) is 21.6. The first kappa shape index (κ1) is 30.0. The predicted molar refractivity (Wildman–Crippen MR) is 187 cm³/mol. The lowest BCUT2D eigenvalue weighted by Crippen LogP contribution is -2.42. The maximum Gasteiger partial charge on any atom is 0.319 e. The molecule has 6 aromatic rings. The molecular formula is C39H41N5O. The molecule has 2 heterocycles. The Hall–Kier alpha value is -5.07. The van der Waals surface area contributed by atoms with Crippen molar-refractivity contribution < 1.29 is 4.79 Å². The van der Waals surface area contributed by atoms with E-state index < -0.39 is 0 Å². The van der Waals surface area contributed by atoms with Crippen molar-refractivity contribution in [1.82, 2.24) is 20.2 Å². The minimum atomic E-state index is -0.182. The standard InChI is InChI=1S/C31H34N4O.C8H7N/c1-35(2)31(24-11-5-3-6-12-24)20-17-23(18-21-31)29-27(26-15-9-10-16-28(26)34-29)19-22-32-30(36)33-25-13-7-4-8-14-25;1-2-4-8-7(3-1)5-6-9-8/h3-17,34H,18-22H2,1-2H3,(H2,32,33,36);1-6,9H. The SMILES string of the molecule is CN(C)C1(c2ccccc2)CC=C(c2[nH]c3ccccc3c2CCNC(=O)Nc2ccccc2)CC1.c1ccc2[nH]ccc2c1. The fourth-order valence-electron chi connectivity index (χ4n) is 6.47. The zero-order chi connectivity index (χ0) is 31.1. The first-order valence-corrected chi connectivity index (χ1v) is 15.7. The van der Waals surface area contributed by atoms with Gasteiger partial charge in [-0.05, 0) is 92.2 Å². The Balaban J connectivity index is 0.000000337. The molecule has 4 aromatic carbocycles. The van der Waals surface area contributed by atoms with Gasteiger partial charge >= 0.3 is 6.03 Å². The number of H-pyrrole nitrogens is 2. The van der Waals surface area contributed by atoms with Crippen LogP contribution in [0.15, 0.2) is 128 Å². The molecule has 0 bridgehead atoms. The van der Waals surface area contributed by atoms with E-state index >= 15 is 0 Å². The second-order valence-corrected chi connectivity index (χ2v) is 11.8. The number of anilines is 1. The van der Waals surface area contributed by atoms with E-state index in [2.05, 4.69) is 118 Å². The fraction of sp³-hybridized carbons (Fsp3) is 0.205. The molecule has 0 spiro atoms. The van der Waals surface area contributed by atoms with Crippen LogP contribution < -0.4 is 10.6 Å². The van der Waals surface area contributed by atoms with Crippen molar-refractivity contribution >= 4 is 39.1 Å². The van der Waals surface area contributed by atoms with Gasteiger partial charge in [-0.1, -0.05) is 91.0 Å². The van der Waals surface area contributed by atoms with Crippen molar-refractivity contribution in [3.8, 4) is 0 Å². The van der Waals surface area contributed by atoms with Crippen LogP contribution in [0.5, 0.6) is 0 Å². The number of fused-ring (bicyclic) bond motifs is 2. The molecular weight excluding hydrogens is 554 g/mol. The van der Waals surface area contributed by atoms with Gasteiger partial charge in [0.15, 0.2) is 0 Å². The molecule has 1 atom stereocenters. The first-order chi connectivity index (χ1) is 22.0. The Labute approximate surface area is 265 Å². The zero-order valence-corrected chi connectivity index (χ0v) is 26.0. The van der Waals surface area contributed by atoms with E-state index in [4.69, 9.17) is 0 Å². The number of benzene rings is 4. The van der Waals surface area contributed by atoms with Gasteiger partial charge in [0, 0.05) is 46.1 Å². The van der Waals surface area contributed by atoms with Crippen LogP contribution in [0.3, 0.4) is 0 Å². The van der Waals surface area contributed by atoms with E-state index in [0.717, 1.165) is 36.9 Å². The Morgan fingerprint density at radius 2 is 1.51 bits per heavy atom. The van der Waals surface area contributed by atoms with Crippen LogP contribution in [-0.4, -0.2) is 41.5 Å². The van der Waals surface area contributed by atoms with E-state index in [-0.39, 0.29) is 11.6 Å². The van der Waals surface area contributed by atoms with Crippen molar-refractivity contribution in [2.24, 2.45) is 0 Å². The molecule has 228 valence electrons. The number of hydrogen-bond acceptors (Lipinski definition) is 2. The van der Waals surface area contributed by atoms with Crippen LogP contribution in [0.25, 0.3) is 27.4 Å². The Bertz CT molecular complexity index is 1860. The van der Waals surface area contributed by atoms with Crippen molar-refractivity contribution in [3.05, 3.63) is 144 Å². The molecule has 0 saturated heterocycles. The molecule has 1 aliphatic carbocycles. The number of aromatic nitrogens is 2. The van der Waals surface area contributed by atoms with E-state index in [1.807, 2.05) is 48.7 Å². The average molecular weight is 596 g/mol. The summed E-state index contributed by atoms with van der Waals surface area (Å²) in [6.07, 6.45) is 8.14. The molecule has 1 aliphatic rings. The number of amides is 2. The van der Waals surface area contributed by atoms with Crippen LogP contribution in [0, 0.1) is 0 Å². The summed E-state index contributed by atoms with van der Waals surface area (Å²) in [5.41, 5.74) is 8.36. The highest BCUT2D eigenvalue weighted by Gasteiger charge is 2.36. The van der Waals surface area contributed by atoms with Crippen molar-refractivity contribution in [2.75, 3.05) is 26.0 Å². The fourth-order valence-corrected chi connectivity index (χ4v) is 6.47. The summed E-state index contributed by atoms with van der Waals surface area (Å²) in [7, 11) is 4.37. The van der Waals surface area contributed by atoms with E-state index in [9.17, 15) is 4.79 Å². The summed E-state index contributed by atoms with van der Waals surface area (Å²) >= 11 is 0. The number of nitrogens with zero attached hydrogens (tertiary/aromatic N) is 1. The van der Waals surface area contributed by atoms with Gasteiger partial charge in [0.2, 0.25) is 0 Å². The minimum absolute atomic E-state index is 0.00796. The lowest BCUT2D eigenvalue weighted by Gasteiger charge is -2.43. The van der Waals surface area contributed by atoms with Crippen molar-refractivity contribution in [2.45, 2.75) is 31.2 Å². The first-order valence-electron chi connectivity index (χ1n) is 15.7. The van der Waals surface area contributed by atoms with Gasteiger partial charge in [-0.3, -0.25) is 4.90 Å². The molecule has 0 radical (unpaired) electrons. The van der Waals surface area contributed by atoms with Gasteiger partial charge in [-0.15, -0.1) is 0 Å². The molecule has 7 rings (SSSR count). The maximum atomic E-state index is 12.4. The average Bonchev–Trinajstić information content (AvgIpc) is 3.71. The number of aromatic amines is 2. The smallest absolute Gasteiger partial charge is 0.319 e. The summed E-state index contributed by atoms with van der Waals surface area (Å²) in [6, 6.07) is 38.9. The maximum absolute atomic E-state index is 12.4. The Morgan fingerprint density at radius 3 is 2.22 bits per heavy atom. The molecule has 2 amide bonds. The second-order valence-electron chi connectivity index (χ2n) is 11.8. The van der Waals surface area contributed by atoms with Gasteiger partial charge in [0.05, 0.1) is 0 Å². The monoisotopic (exact) mass is 595 g/mol. The van der Waals surface area contributed by atoms with Crippen LogP contribution in [0.2, 0.25) is 0 Å².